The van der Waals surface area contributed by atoms with Gasteiger partial charge in [0.15, 0.2) is 0 Å². The van der Waals surface area contributed by atoms with Gasteiger partial charge < -0.3 is 10.1 Å². The first kappa shape index (κ1) is 16.9. The number of benzene rings is 1. The molecule has 5 nitrogen and oxygen atoms in total. The normalized spacial score (nSPS) is 11.8. The van der Waals surface area contributed by atoms with Gasteiger partial charge in [-0.1, -0.05) is 20.8 Å². The minimum absolute atomic E-state index is 0.279. The van der Waals surface area contributed by atoms with Crippen molar-refractivity contribution in [3.63, 3.8) is 0 Å². The Morgan fingerprint density at radius 2 is 1.85 bits per heavy atom. The molecule has 0 saturated carbocycles. The lowest BCUT2D eigenvalue weighted by molar-refractivity contribution is 0.118. The van der Waals surface area contributed by atoms with Crippen LogP contribution in [-0.2, 0) is 14.8 Å². The Morgan fingerprint density at radius 3 is 2.40 bits per heavy atom. The number of sulfonamides is 1. The van der Waals surface area contributed by atoms with Crippen molar-refractivity contribution in [1.82, 2.24) is 4.72 Å². The summed E-state index contributed by atoms with van der Waals surface area (Å²) in [7, 11) is -3.37. The topological polar surface area (TPSA) is 67.4 Å². The van der Waals surface area contributed by atoms with Gasteiger partial charge in [0.25, 0.3) is 0 Å². The van der Waals surface area contributed by atoms with Crippen LogP contribution in [-0.4, -0.2) is 34.7 Å². The Bertz CT molecular complexity index is 484. The third-order valence-corrected chi connectivity index (χ3v) is 4.09. The molecule has 114 valence electrons. The van der Waals surface area contributed by atoms with Crippen LogP contribution in [0.25, 0.3) is 0 Å². The molecule has 0 bridgehead atoms. The lowest BCUT2D eigenvalue weighted by atomic mass is 10.2. The molecule has 1 aromatic carbocycles. The van der Waals surface area contributed by atoms with E-state index in [0.29, 0.717) is 25.6 Å². The fourth-order valence-corrected chi connectivity index (χ4v) is 2.65. The molecule has 0 atom stereocenters. The van der Waals surface area contributed by atoms with Crippen molar-refractivity contribution in [1.29, 1.82) is 0 Å². The largest absolute Gasteiger partial charge is 0.383 e. The minimum atomic E-state index is -3.37. The van der Waals surface area contributed by atoms with Gasteiger partial charge in [0.2, 0.25) is 10.0 Å². The molecule has 0 fully saturated rings. The average molecular weight is 300 g/mol. The van der Waals surface area contributed by atoms with Crippen LogP contribution >= 0.6 is 0 Å². The maximum absolute atomic E-state index is 11.8. The number of hydrogen-bond acceptors (Lipinski definition) is 4. The van der Waals surface area contributed by atoms with E-state index in [4.69, 9.17) is 4.74 Å². The lowest BCUT2D eigenvalue weighted by Crippen LogP contribution is -2.23. The van der Waals surface area contributed by atoms with Crippen LogP contribution in [0.15, 0.2) is 29.2 Å². The van der Waals surface area contributed by atoms with E-state index in [1.54, 1.807) is 31.2 Å². The summed E-state index contributed by atoms with van der Waals surface area (Å²) in [4.78, 5) is 0.279. The third kappa shape index (κ3) is 5.90. The number of anilines is 1. The summed E-state index contributed by atoms with van der Waals surface area (Å²) in [5.74, 6) is 0.533. The highest BCUT2D eigenvalue weighted by atomic mass is 32.2. The first-order chi connectivity index (χ1) is 9.45. The summed E-state index contributed by atoms with van der Waals surface area (Å²) in [5, 5.41) is 3.19. The zero-order valence-electron chi connectivity index (χ0n) is 12.3. The molecule has 6 heteroatoms. The lowest BCUT2D eigenvalue weighted by Gasteiger charge is -2.10. The quantitative estimate of drug-likeness (QED) is 0.685. The molecule has 0 aromatic heterocycles. The maximum atomic E-state index is 11.8. The van der Waals surface area contributed by atoms with Crippen LogP contribution in [0.1, 0.15) is 20.8 Å². The zero-order valence-corrected chi connectivity index (χ0v) is 13.2. The number of ether oxygens (including phenoxy) is 1. The van der Waals surface area contributed by atoms with Gasteiger partial charge in [-0.25, -0.2) is 13.1 Å². The molecule has 0 unspecified atom stereocenters. The van der Waals surface area contributed by atoms with Crippen molar-refractivity contribution in [2.24, 2.45) is 5.92 Å². The van der Waals surface area contributed by atoms with Crippen LogP contribution in [0.5, 0.6) is 0 Å². The molecule has 2 N–H and O–H groups in total. The van der Waals surface area contributed by atoms with Crippen LogP contribution in [0.4, 0.5) is 5.69 Å². The molecular formula is C14H24N2O3S. The van der Waals surface area contributed by atoms with E-state index in [9.17, 15) is 8.42 Å². The molecule has 0 amide bonds. The standard InChI is InChI=1S/C14H24N2O3S/c1-4-16-20(17,18)14-7-5-13(6-8-14)15-9-10-19-11-12(2)3/h5-8,12,15-16H,4,9-11H2,1-3H3. The predicted molar refractivity (Wildman–Crippen MR) is 81.5 cm³/mol. The Morgan fingerprint density at radius 1 is 1.20 bits per heavy atom. The van der Waals surface area contributed by atoms with Crippen molar-refractivity contribution in [2.75, 3.05) is 31.6 Å². The molecule has 0 aliphatic rings. The van der Waals surface area contributed by atoms with E-state index in [-0.39, 0.29) is 4.90 Å². The van der Waals surface area contributed by atoms with Gasteiger partial charge in [-0.15, -0.1) is 0 Å². The van der Waals surface area contributed by atoms with Crippen LogP contribution in [0.3, 0.4) is 0 Å². The molecule has 0 radical (unpaired) electrons. The SMILES string of the molecule is CCNS(=O)(=O)c1ccc(NCCOCC(C)C)cc1. The van der Waals surface area contributed by atoms with Gasteiger partial charge in [-0.3, -0.25) is 0 Å². The Kier molecular flexibility index (Phi) is 6.98. The summed E-state index contributed by atoms with van der Waals surface area (Å²) in [5.41, 5.74) is 0.883. The summed E-state index contributed by atoms with van der Waals surface area (Å²) in [6.07, 6.45) is 0. The molecule has 0 saturated heterocycles. The van der Waals surface area contributed by atoms with E-state index in [2.05, 4.69) is 23.9 Å². The van der Waals surface area contributed by atoms with Crippen molar-refractivity contribution in [3.05, 3.63) is 24.3 Å². The fraction of sp³-hybridized carbons (Fsp3) is 0.571. The van der Waals surface area contributed by atoms with Gasteiger partial charge >= 0.3 is 0 Å². The maximum Gasteiger partial charge on any atom is 0.240 e. The Labute approximate surface area is 121 Å². The van der Waals surface area contributed by atoms with Crippen LogP contribution < -0.4 is 10.0 Å². The highest BCUT2D eigenvalue weighted by Gasteiger charge is 2.11. The second-order valence-electron chi connectivity index (χ2n) is 4.92. The second kappa shape index (κ2) is 8.24. The van der Waals surface area contributed by atoms with E-state index < -0.39 is 10.0 Å². The number of nitrogens with one attached hydrogen (secondary N) is 2. The monoisotopic (exact) mass is 300 g/mol. The number of rotatable bonds is 9. The van der Waals surface area contributed by atoms with Crippen LogP contribution in [0.2, 0.25) is 0 Å². The van der Waals surface area contributed by atoms with Gasteiger partial charge in [0.1, 0.15) is 0 Å². The molecule has 0 aliphatic carbocycles. The highest BCUT2D eigenvalue weighted by molar-refractivity contribution is 7.89. The molecule has 0 aliphatic heterocycles. The number of hydrogen-bond donors (Lipinski definition) is 2. The van der Waals surface area contributed by atoms with Crippen molar-refractivity contribution >= 4 is 15.7 Å². The van der Waals surface area contributed by atoms with Gasteiger partial charge in [-0.2, -0.15) is 0 Å². The van der Waals surface area contributed by atoms with E-state index in [1.165, 1.54) is 0 Å². The van der Waals surface area contributed by atoms with E-state index in [1.807, 2.05) is 0 Å². The van der Waals surface area contributed by atoms with Gasteiger partial charge in [-0.05, 0) is 30.2 Å². The molecule has 1 aromatic rings. The Hall–Kier alpha value is -1.11. The first-order valence-electron chi connectivity index (χ1n) is 6.87. The van der Waals surface area contributed by atoms with Gasteiger partial charge in [0.05, 0.1) is 11.5 Å². The summed E-state index contributed by atoms with van der Waals surface area (Å²) in [6.45, 7) is 8.44. The smallest absolute Gasteiger partial charge is 0.240 e. The van der Waals surface area contributed by atoms with Crippen molar-refractivity contribution < 1.29 is 13.2 Å². The molecule has 1 rings (SSSR count). The second-order valence-corrected chi connectivity index (χ2v) is 6.69. The van der Waals surface area contributed by atoms with Crippen molar-refractivity contribution in [3.8, 4) is 0 Å². The van der Waals surface area contributed by atoms with Crippen LogP contribution in [0, 0.1) is 5.92 Å². The fourth-order valence-electron chi connectivity index (χ4n) is 1.61. The zero-order chi connectivity index (χ0) is 15.0. The first-order valence-corrected chi connectivity index (χ1v) is 8.35. The Balaban J connectivity index is 2.43. The van der Waals surface area contributed by atoms with Crippen molar-refractivity contribution in [2.45, 2.75) is 25.7 Å². The molecule has 0 heterocycles. The highest BCUT2D eigenvalue weighted by Crippen LogP contribution is 2.13. The third-order valence-electron chi connectivity index (χ3n) is 2.53. The summed E-state index contributed by atoms with van der Waals surface area (Å²) < 4.78 is 31.4. The molecular weight excluding hydrogens is 276 g/mol. The summed E-state index contributed by atoms with van der Waals surface area (Å²) >= 11 is 0. The van der Waals surface area contributed by atoms with E-state index in [0.717, 1.165) is 12.3 Å². The van der Waals surface area contributed by atoms with E-state index >= 15 is 0 Å². The summed E-state index contributed by atoms with van der Waals surface area (Å²) in [6, 6.07) is 6.70. The predicted octanol–water partition coefficient (Wildman–Crippen LogP) is 2.07. The molecule has 0 spiro atoms. The average Bonchev–Trinajstić information content (AvgIpc) is 2.38. The molecule has 20 heavy (non-hydrogen) atoms. The minimum Gasteiger partial charge on any atom is -0.383 e. The van der Waals surface area contributed by atoms with Gasteiger partial charge in [0, 0.05) is 25.4 Å².